The van der Waals surface area contributed by atoms with Crippen molar-refractivity contribution in [1.29, 1.82) is 0 Å². The maximum Gasteiger partial charge on any atom is 0.268 e. The molecular formula is C17H19N5O2S. The summed E-state index contributed by atoms with van der Waals surface area (Å²) in [6.45, 7) is 0.270. The highest BCUT2D eigenvalue weighted by molar-refractivity contribution is 7.13. The van der Waals surface area contributed by atoms with Crippen molar-refractivity contribution < 1.29 is 9.32 Å². The van der Waals surface area contributed by atoms with Crippen LogP contribution in [0.4, 0.5) is 0 Å². The molecule has 130 valence electrons. The first kappa shape index (κ1) is 16.0. The summed E-state index contributed by atoms with van der Waals surface area (Å²) >= 11 is 1.54. The highest BCUT2D eigenvalue weighted by atomic mass is 32.1. The first-order valence-corrected chi connectivity index (χ1v) is 9.35. The Kier molecular flexibility index (Phi) is 4.60. The summed E-state index contributed by atoms with van der Waals surface area (Å²) in [5.41, 5.74) is 3.59. The van der Waals surface area contributed by atoms with Gasteiger partial charge in [0.25, 0.3) is 5.89 Å². The summed E-state index contributed by atoms with van der Waals surface area (Å²) in [6.07, 6.45) is 5.62. The van der Waals surface area contributed by atoms with Crippen molar-refractivity contribution in [1.82, 2.24) is 25.7 Å². The lowest BCUT2D eigenvalue weighted by Gasteiger charge is -2.10. The second-order valence-electron chi connectivity index (χ2n) is 6.10. The second kappa shape index (κ2) is 7.18. The molecule has 25 heavy (non-hydrogen) atoms. The Labute approximate surface area is 148 Å². The number of aryl methyl sites for hydroxylation is 2. The minimum atomic E-state index is -0.0324. The van der Waals surface area contributed by atoms with Gasteiger partial charge in [0.15, 0.2) is 5.82 Å². The molecule has 1 amide bonds. The second-order valence-corrected chi connectivity index (χ2v) is 7.05. The van der Waals surface area contributed by atoms with Gasteiger partial charge >= 0.3 is 0 Å². The van der Waals surface area contributed by atoms with Gasteiger partial charge in [0.2, 0.25) is 5.91 Å². The van der Waals surface area contributed by atoms with Crippen LogP contribution in [0.25, 0.3) is 10.8 Å². The molecule has 2 N–H and O–H groups in total. The number of aromatic nitrogens is 4. The van der Waals surface area contributed by atoms with Crippen LogP contribution >= 0.6 is 11.3 Å². The molecule has 0 unspecified atom stereocenters. The van der Waals surface area contributed by atoms with E-state index in [0.717, 1.165) is 23.4 Å². The van der Waals surface area contributed by atoms with Gasteiger partial charge in [-0.3, -0.25) is 9.89 Å². The lowest BCUT2D eigenvalue weighted by Crippen LogP contribution is -2.23. The molecular weight excluding hydrogens is 338 g/mol. The van der Waals surface area contributed by atoms with Crippen LogP contribution in [0.15, 0.2) is 22.0 Å². The van der Waals surface area contributed by atoms with Gasteiger partial charge in [-0.25, -0.2) is 0 Å². The molecule has 8 heteroatoms. The third-order valence-corrected chi connectivity index (χ3v) is 5.23. The molecule has 0 aromatic carbocycles. The molecule has 0 aliphatic heterocycles. The van der Waals surface area contributed by atoms with E-state index in [2.05, 4.69) is 25.7 Å². The summed E-state index contributed by atoms with van der Waals surface area (Å²) in [7, 11) is 0. The first-order chi connectivity index (χ1) is 12.3. The summed E-state index contributed by atoms with van der Waals surface area (Å²) in [4.78, 5) is 17.3. The average Bonchev–Trinajstić information content (AvgIpc) is 3.38. The third-order valence-electron chi connectivity index (χ3n) is 4.37. The van der Waals surface area contributed by atoms with Crippen molar-refractivity contribution in [3.63, 3.8) is 0 Å². The number of carbonyl (C=O) groups is 1. The van der Waals surface area contributed by atoms with Gasteiger partial charge in [-0.2, -0.15) is 10.1 Å². The van der Waals surface area contributed by atoms with Crippen molar-refractivity contribution >= 4 is 17.2 Å². The average molecular weight is 357 g/mol. The molecule has 3 aromatic rings. The minimum absolute atomic E-state index is 0.0324. The summed E-state index contributed by atoms with van der Waals surface area (Å²) in [5.74, 6) is 0.936. The van der Waals surface area contributed by atoms with Gasteiger partial charge in [0, 0.05) is 18.5 Å². The van der Waals surface area contributed by atoms with Gasteiger partial charge in [0.1, 0.15) is 0 Å². The number of amides is 1. The summed E-state index contributed by atoms with van der Waals surface area (Å²) in [6, 6.07) is 3.85. The molecule has 0 radical (unpaired) electrons. The predicted molar refractivity (Wildman–Crippen MR) is 93.0 cm³/mol. The zero-order valence-corrected chi connectivity index (χ0v) is 14.6. The zero-order chi connectivity index (χ0) is 17.1. The van der Waals surface area contributed by atoms with Crippen molar-refractivity contribution in [3.05, 3.63) is 40.3 Å². The molecule has 3 aromatic heterocycles. The number of thiophene rings is 1. The maximum absolute atomic E-state index is 12.1. The summed E-state index contributed by atoms with van der Waals surface area (Å²) < 4.78 is 5.21. The number of hydrogen-bond donors (Lipinski definition) is 2. The Morgan fingerprint density at radius 1 is 1.36 bits per heavy atom. The van der Waals surface area contributed by atoms with Crippen LogP contribution in [0, 0.1) is 0 Å². The van der Waals surface area contributed by atoms with Crippen LogP contribution in [-0.4, -0.2) is 26.2 Å². The Hall–Kier alpha value is -2.48. The third kappa shape index (κ3) is 3.63. The van der Waals surface area contributed by atoms with Crippen LogP contribution in [-0.2, 0) is 30.6 Å². The number of carbonyl (C=O) groups excluding carboxylic acids is 1. The number of H-pyrrole nitrogens is 1. The fourth-order valence-corrected chi connectivity index (χ4v) is 3.73. The molecule has 7 nitrogen and oxygen atoms in total. The van der Waals surface area contributed by atoms with Crippen LogP contribution in [0.1, 0.15) is 42.0 Å². The Morgan fingerprint density at radius 2 is 2.28 bits per heavy atom. The normalized spacial score (nSPS) is 13.6. The van der Waals surface area contributed by atoms with Crippen LogP contribution in [0.3, 0.4) is 0 Å². The number of aromatic amines is 1. The maximum atomic E-state index is 12.1. The van der Waals surface area contributed by atoms with E-state index < -0.39 is 0 Å². The van der Waals surface area contributed by atoms with Crippen molar-refractivity contribution in [2.75, 3.05) is 0 Å². The molecule has 0 bridgehead atoms. The topological polar surface area (TPSA) is 96.7 Å². The van der Waals surface area contributed by atoms with Crippen molar-refractivity contribution in [3.8, 4) is 10.8 Å². The number of nitrogens with one attached hydrogen (secondary N) is 2. The van der Waals surface area contributed by atoms with E-state index in [1.165, 1.54) is 35.4 Å². The van der Waals surface area contributed by atoms with Crippen LogP contribution < -0.4 is 5.32 Å². The van der Waals surface area contributed by atoms with E-state index in [1.54, 1.807) is 0 Å². The monoisotopic (exact) mass is 357 g/mol. The summed E-state index contributed by atoms with van der Waals surface area (Å²) in [5, 5.41) is 16.2. The van der Waals surface area contributed by atoms with E-state index >= 15 is 0 Å². The predicted octanol–water partition coefficient (Wildman–Crippen LogP) is 2.65. The quantitative estimate of drug-likeness (QED) is 0.707. The highest BCUT2D eigenvalue weighted by Gasteiger charge is 2.17. The van der Waals surface area contributed by atoms with Gasteiger partial charge in [-0.15, -0.1) is 11.3 Å². The lowest BCUT2D eigenvalue weighted by molar-refractivity contribution is -0.121. The Morgan fingerprint density at radius 3 is 3.16 bits per heavy atom. The van der Waals surface area contributed by atoms with Gasteiger partial charge in [-0.1, -0.05) is 11.2 Å². The zero-order valence-electron chi connectivity index (χ0n) is 13.7. The lowest BCUT2D eigenvalue weighted by atomic mass is 9.95. The van der Waals surface area contributed by atoms with Gasteiger partial charge in [0.05, 0.1) is 17.1 Å². The Balaban J connectivity index is 1.28. The molecule has 1 aliphatic carbocycles. The molecule has 0 saturated carbocycles. The molecule has 0 atom stereocenters. The smallest absolute Gasteiger partial charge is 0.268 e. The molecule has 0 saturated heterocycles. The molecule has 3 heterocycles. The SMILES string of the molecule is O=C(CCc1n[nH]c2c1CCCC2)NCc1noc(-c2cccs2)n1. The molecule has 0 fully saturated rings. The number of fused-ring (bicyclic) bond motifs is 1. The van der Waals surface area contributed by atoms with Crippen LogP contribution in [0.2, 0.25) is 0 Å². The van der Waals surface area contributed by atoms with E-state index in [4.69, 9.17) is 4.52 Å². The van der Waals surface area contributed by atoms with Crippen molar-refractivity contribution in [2.45, 2.75) is 45.1 Å². The minimum Gasteiger partial charge on any atom is -0.349 e. The fourth-order valence-electron chi connectivity index (χ4n) is 3.08. The standard InChI is InChI=1S/C17H19N5O2S/c23-16(8-7-13-11-4-1-2-5-12(11)20-21-13)18-10-15-19-17(24-22-15)14-6-3-9-25-14/h3,6,9H,1-2,4-5,7-8,10H2,(H,18,23)(H,20,21). The van der Waals surface area contributed by atoms with Gasteiger partial charge in [-0.05, 0) is 42.7 Å². The Bertz CT molecular complexity index is 852. The molecule has 0 spiro atoms. The molecule has 1 aliphatic rings. The highest BCUT2D eigenvalue weighted by Crippen LogP contribution is 2.23. The van der Waals surface area contributed by atoms with Crippen LogP contribution in [0.5, 0.6) is 0 Å². The van der Waals surface area contributed by atoms with Gasteiger partial charge < -0.3 is 9.84 Å². The largest absolute Gasteiger partial charge is 0.349 e. The van der Waals surface area contributed by atoms with E-state index in [-0.39, 0.29) is 12.5 Å². The fraction of sp³-hybridized carbons (Fsp3) is 0.412. The van der Waals surface area contributed by atoms with E-state index in [9.17, 15) is 4.79 Å². The number of nitrogens with zero attached hydrogens (tertiary/aromatic N) is 3. The van der Waals surface area contributed by atoms with Crippen molar-refractivity contribution in [2.24, 2.45) is 0 Å². The number of rotatable bonds is 6. The first-order valence-electron chi connectivity index (χ1n) is 8.48. The number of hydrogen-bond acceptors (Lipinski definition) is 6. The van der Waals surface area contributed by atoms with E-state index in [1.807, 2.05) is 17.5 Å². The van der Waals surface area contributed by atoms with E-state index in [0.29, 0.717) is 24.6 Å². The molecule has 4 rings (SSSR count).